The Morgan fingerprint density at radius 3 is 2.65 bits per heavy atom. The van der Waals surface area contributed by atoms with Crippen molar-refractivity contribution in [2.45, 2.75) is 57.6 Å². The fourth-order valence-corrected chi connectivity index (χ4v) is 3.74. The van der Waals surface area contributed by atoms with Gasteiger partial charge in [0.05, 0.1) is 12.2 Å². The van der Waals surface area contributed by atoms with Crippen LogP contribution in [0.15, 0.2) is 10.5 Å². The van der Waals surface area contributed by atoms with E-state index in [2.05, 4.69) is 31.0 Å². The van der Waals surface area contributed by atoms with Crippen molar-refractivity contribution in [3.8, 4) is 0 Å². The molecule has 7 nitrogen and oxygen atoms in total. The lowest BCUT2D eigenvalue weighted by molar-refractivity contribution is -0.120. The Balaban J connectivity index is 1.68. The zero-order valence-electron chi connectivity index (χ0n) is 15.9. The number of hydrogen-bond donors (Lipinski definition) is 2. The van der Waals surface area contributed by atoms with Crippen molar-refractivity contribution < 1.29 is 18.7 Å². The third-order valence-electron chi connectivity index (χ3n) is 5.24. The predicted octanol–water partition coefficient (Wildman–Crippen LogP) is 1.55. The van der Waals surface area contributed by atoms with E-state index in [4.69, 9.17) is 14.9 Å². The summed E-state index contributed by atoms with van der Waals surface area (Å²) in [6.07, 6.45) is 2.18. The van der Waals surface area contributed by atoms with Gasteiger partial charge in [0.15, 0.2) is 5.76 Å². The van der Waals surface area contributed by atoms with E-state index in [0.717, 1.165) is 37.3 Å². The molecule has 144 valence electrons. The van der Waals surface area contributed by atoms with Crippen molar-refractivity contribution in [1.82, 2.24) is 10.2 Å². The first-order valence-electron chi connectivity index (χ1n) is 9.25. The summed E-state index contributed by atoms with van der Waals surface area (Å²) in [7, 11) is 0. The molecule has 26 heavy (non-hydrogen) atoms. The van der Waals surface area contributed by atoms with Gasteiger partial charge in [0.2, 0.25) is 5.91 Å². The van der Waals surface area contributed by atoms with Crippen LogP contribution in [-0.4, -0.2) is 48.6 Å². The molecule has 2 amide bonds. The smallest absolute Gasteiger partial charge is 0.284 e. The van der Waals surface area contributed by atoms with E-state index in [9.17, 15) is 9.59 Å². The second-order valence-corrected chi connectivity index (χ2v) is 8.41. The minimum Gasteiger partial charge on any atom is -0.455 e. The number of carbonyl (C=O) groups is 2. The highest BCUT2D eigenvalue weighted by molar-refractivity contribution is 5.90. The molecule has 1 aromatic heterocycles. The number of carbonyl (C=O) groups excluding carboxylic acids is 2. The number of primary amides is 1. The first kappa shape index (κ1) is 18.9. The Morgan fingerprint density at radius 1 is 1.35 bits per heavy atom. The third kappa shape index (κ3) is 4.10. The normalized spacial score (nSPS) is 21.4. The van der Waals surface area contributed by atoms with Crippen molar-refractivity contribution in [2.75, 3.05) is 26.2 Å². The van der Waals surface area contributed by atoms with Gasteiger partial charge in [-0.2, -0.15) is 0 Å². The summed E-state index contributed by atoms with van der Waals surface area (Å²) in [5.74, 6) is 0.552. The number of piperidine rings is 1. The van der Waals surface area contributed by atoms with Crippen LogP contribution in [0.2, 0.25) is 0 Å². The first-order valence-corrected chi connectivity index (χ1v) is 9.25. The van der Waals surface area contributed by atoms with Gasteiger partial charge in [-0.3, -0.25) is 14.5 Å². The van der Waals surface area contributed by atoms with E-state index >= 15 is 0 Å². The Kier molecular flexibility index (Phi) is 5.12. The van der Waals surface area contributed by atoms with Gasteiger partial charge in [0, 0.05) is 43.6 Å². The summed E-state index contributed by atoms with van der Waals surface area (Å²) in [4.78, 5) is 25.4. The number of amides is 2. The summed E-state index contributed by atoms with van der Waals surface area (Å²) in [6, 6.07) is 1.77. The topological polar surface area (TPSA) is 97.8 Å². The van der Waals surface area contributed by atoms with Crippen molar-refractivity contribution in [1.29, 1.82) is 0 Å². The Hall–Kier alpha value is -1.86. The van der Waals surface area contributed by atoms with E-state index in [1.54, 1.807) is 6.07 Å². The van der Waals surface area contributed by atoms with E-state index in [1.165, 1.54) is 0 Å². The van der Waals surface area contributed by atoms with E-state index < -0.39 is 5.91 Å². The second-order valence-electron chi connectivity index (χ2n) is 8.41. The number of nitrogens with two attached hydrogens (primary N) is 1. The zero-order chi connectivity index (χ0) is 18.9. The fourth-order valence-electron chi connectivity index (χ4n) is 3.74. The molecular formula is C19H29N3O4. The number of ether oxygens (including phenoxy) is 1. The molecule has 0 aliphatic carbocycles. The lowest BCUT2D eigenvalue weighted by atomic mass is 9.88. The molecule has 2 fully saturated rings. The van der Waals surface area contributed by atoms with Crippen molar-refractivity contribution in [2.24, 2.45) is 5.73 Å². The Labute approximate surface area is 154 Å². The van der Waals surface area contributed by atoms with Crippen LogP contribution in [0.4, 0.5) is 0 Å². The summed E-state index contributed by atoms with van der Waals surface area (Å²) >= 11 is 0. The maximum atomic E-state index is 11.6. The van der Waals surface area contributed by atoms with Crippen LogP contribution >= 0.6 is 0 Å². The number of likely N-dealkylation sites (tertiary alicyclic amines) is 1. The van der Waals surface area contributed by atoms with Gasteiger partial charge in [-0.05, 0) is 18.9 Å². The van der Waals surface area contributed by atoms with Crippen LogP contribution in [0.25, 0.3) is 0 Å². The molecule has 3 heterocycles. The SMILES string of the molecule is CC(C)(C)c1oc(C(N)=O)cc1CN1CCC2(CC1)CNC(=O)CCO2. The molecular weight excluding hydrogens is 334 g/mol. The molecule has 0 radical (unpaired) electrons. The molecule has 2 saturated heterocycles. The first-order chi connectivity index (χ1) is 12.2. The molecule has 1 aromatic rings. The summed E-state index contributed by atoms with van der Waals surface area (Å²) in [5.41, 5.74) is 5.96. The van der Waals surface area contributed by atoms with Crippen LogP contribution in [0, 0.1) is 0 Å². The Bertz CT molecular complexity index is 681. The van der Waals surface area contributed by atoms with Gasteiger partial charge in [-0.25, -0.2) is 0 Å². The molecule has 3 rings (SSSR count). The monoisotopic (exact) mass is 363 g/mol. The van der Waals surface area contributed by atoms with Gasteiger partial charge >= 0.3 is 0 Å². The lowest BCUT2D eigenvalue weighted by Crippen LogP contribution is -2.50. The highest BCUT2D eigenvalue weighted by atomic mass is 16.5. The van der Waals surface area contributed by atoms with Gasteiger partial charge in [0.25, 0.3) is 5.91 Å². The minimum atomic E-state index is -0.540. The number of furan rings is 1. The van der Waals surface area contributed by atoms with Gasteiger partial charge in [0.1, 0.15) is 5.76 Å². The number of nitrogens with zero attached hydrogens (tertiary/aromatic N) is 1. The van der Waals surface area contributed by atoms with Crippen LogP contribution in [0.5, 0.6) is 0 Å². The Morgan fingerprint density at radius 2 is 2.04 bits per heavy atom. The molecule has 0 atom stereocenters. The summed E-state index contributed by atoms with van der Waals surface area (Å²) < 4.78 is 11.8. The molecule has 0 bridgehead atoms. The van der Waals surface area contributed by atoms with Crippen molar-refractivity contribution >= 4 is 11.8 Å². The average molecular weight is 363 g/mol. The molecule has 0 saturated carbocycles. The highest BCUT2D eigenvalue weighted by Gasteiger charge is 2.38. The molecule has 3 N–H and O–H groups in total. The standard InChI is InChI=1S/C19H29N3O4/c1-18(2,3)16-13(10-14(26-16)17(20)24)11-22-7-5-19(6-8-22)12-21-15(23)4-9-25-19/h10H,4-9,11-12H2,1-3H3,(H2,20,24)(H,21,23). The van der Waals surface area contributed by atoms with Crippen LogP contribution in [0.1, 0.15) is 61.9 Å². The van der Waals surface area contributed by atoms with Crippen LogP contribution < -0.4 is 11.1 Å². The third-order valence-corrected chi connectivity index (χ3v) is 5.24. The zero-order valence-corrected chi connectivity index (χ0v) is 15.9. The quantitative estimate of drug-likeness (QED) is 0.849. The van der Waals surface area contributed by atoms with Gasteiger partial charge in [-0.15, -0.1) is 0 Å². The van der Waals surface area contributed by atoms with Gasteiger partial charge in [-0.1, -0.05) is 20.8 Å². The highest BCUT2D eigenvalue weighted by Crippen LogP contribution is 2.32. The molecule has 2 aliphatic heterocycles. The fraction of sp³-hybridized carbons (Fsp3) is 0.684. The maximum Gasteiger partial charge on any atom is 0.284 e. The van der Waals surface area contributed by atoms with Crippen molar-refractivity contribution in [3.05, 3.63) is 23.2 Å². The maximum absolute atomic E-state index is 11.6. The molecule has 2 aliphatic rings. The van der Waals surface area contributed by atoms with E-state index in [-0.39, 0.29) is 22.7 Å². The van der Waals surface area contributed by atoms with Crippen LogP contribution in [0.3, 0.4) is 0 Å². The minimum absolute atomic E-state index is 0.0662. The predicted molar refractivity (Wildman–Crippen MR) is 96.7 cm³/mol. The van der Waals surface area contributed by atoms with Crippen LogP contribution in [-0.2, 0) is 21.5 Å². The molecule has 1 spiro atoms. The van der Waals surface area contributed by atoms with Crippen molar-refractivity contribution in [3.63, 3.8) is 0 Å². The lowest BCUT2D eigenvalue weighted by Gasteiger charge is -2.40. The second kappa shape index (κ2) is 7.04. The largest absolute Gasteiger partial charge is 0.455 e. The number of hydrogen-bond acceptors (Lipinski definition) is 5. The number of nitrogens with one attached hydrogen (secondary N) is 1. The number of rotatable bonds is 3. The van der Waals surface area contributed by atoms with E-state index in [0.29, 0.717) is 26.1 Å². The van der Waals surface area contributed by atoms with E-state index in [1.807, 2.05) is 0 Å². The molecule has 0 unspecified atom stereocenters. The molecule has 0 aromatic carbocycles. The van der Waals surface area contributed by atoms with Gasteiger partial charge < -0.3 is 20.2 Å². The summed E-state index contributed by atoms with van der Waals surface area (Å²) in [5, 5.41) is 2.97. The summed E-state index contributed by atoms with van der Waals surface area (Å²) in [6.45, 7) is 9.72. The average Bonchev–Trinajstić information content (AvgIpc) is 2.91. The molecule has 7 heteroatoms.